The van der Waals surface area contributed by atoms with Crippen LogP contribution in [0.1, 0.15) is 111 Å². The van der Waals surface area contributed by atoms with E-state index >= 15 is 0 Å². The summed E-state index contributed by atoms with van der Waals surface area (Å²) in [6.07, 6.45) is 0. The van der Waals surface area contributed by atoms with Crippen molar-refractivity contribution in [3.8, 4) is 11.1 Å². The largest absolute Gasteiger partial charge is 0.0561 e. The topological polar surface area (TPSA) is 0 Å². The van der Waals surface area contributed by atoms with E-state index in [2.05, 4.69) is 120 Å². The molecule has 0 heterocycles. The van der Waals surface area contributed by atoms with Crippen molar-refractivity contribution < 1.29 is 0 Å². The molecule has 0 aromatic heterocycles. The highest BCUT2D eigenvalue weighted by molar-refractivity contribution is 5.72. The molecular weight excluding hydrogens is 348 g/mol. The Bertz CT molecular complexity index is 850. The molecule has 0 unspecified atom stereocenters. The van der Waals surface area contributed by atoms with Gasteiger partial charge in [-0.05, 0) is 67.5 Å². The molecule has 2 aromatic carbocycles. The molecule has 0 radical (unpaired) electrons. The lowest BCUT2D eigenvalue weighted by Crippen LogP contribution is -2.19. The molecular formula is C29H44. The van der Waals surface area contributed by atoms with E-state index in [0.717, 1.165) is 0 Å². The summed E-state index contributed by atoms with van der Waals surface area (Å²) >= 11 is 0. The van der Waals surface area contributed by atoms with Gasteiger partial charge in [-0.25, -0.2) is 0 Å². The van der Waals surface area contributed by atoms with Crippen molar-refractivity contribution in [1.82, 2.24) is 0 Å². The first-order chi connectivity index (χ1) is 12.8. The Morgan fingerprint density at radius 2 is 0.828 bits per heavy atom. The van der Waals surface area contributed by atoms with Gasteiger partial charge < -0.3 is 0 Å². The summed E-state index contributed by atoms with van der Waals surface area (Å²) < 4.78 is 0. The average molecular weight is 393 g/mol. The van der Waals surface area contributed by atoms with E-state index in [9.17, 15) is 0 Å². The zero-order valence-electron chi connectivity index (χ0n) is 21.4. The number of hydrogen-bond donors (Lipinski definition) is 0. The Morgan fingerprint density at radius 3 is 1.17 bits per heavy atom. The van der Waals surface area contributed by atoms with Crippen molar-refractivity contribution in [2.75, 3.05) is 0 Å². The van der Waals surface area contributed by atoms with Crippen molar-refractivity contribution in [2.45, 2.75) is 112 Å². The third-order valence-electron chi connectivity index (χ3n) is 6.06. The summed E-state index contributed by atoms with van der Waals surface area (Å²) in [5, 5.41) is 0. The maximum Gasteiger partial charge on any atom is -0.0129 e. The van der Waals surface area contributed by atoms with Crippen LogP contribution in [-0.4, -0.2) is 0 Å². The number of benzene rings is 2. The van der Waals surface area contributed by atoms with Gasteiger partial charge in [-0.15, -0.1) is 0 Å². The molecule has 0 aliphatic carbocycles. The third-order valence-corrected chi connectivity index (χ3v) is 6.06. The highest BCUT2D eigenvalue weighted by Gasteiger charge is 2.26. The summed E-state index contributed by atoms with van der Waals surface area (Å²) in [6, 6.07) is 12.2. The van der Waals surface area contributed by atoms with E-state index in [0.29, 0.717) is 0 Å². The fourth-order valence-corrected chi connectivity index (χ4v) is 3.88. The van der Waals surface area contributed by atoms with E-state index < -0.39 is 0 Å². The molecule has 0 spiro atoms. The van der Waals surface area contributed by atoms with Gasteiger partial charge in [-0.1, -0.05) is 113 Å². The molecule has 0 N–H and O–H groups in total. The highest BCUT2D eigenvalue weighted by atomic mass is 14.3. The summed E-state index contributed by atoms with van der Waals surface area (Å²) in [5.74, 6) is 0. The normalized spacial score (nSPS) is 13.7. The van der Waals surface area contributed by atoms with E-state index in [1.807, 2.05) is 0 Å². The Labute approximate surface area is 181 Å². The molecule has 2 aromatic rings. The number of rotatable bonds is 1. The first-order valence-electron chi connectivity index (χ1n) is 11.1. The predicted octanol–water partition coefficient (Wildman–Crippen LogP) is 8.85. The van der Waals surface area contributed by atoms with Crippen molar-refractivity contribution in [3.63, 3.8) is 0 Å². The second kappa shape index (κ2) is 7.29. The summed E-state index contributed by atoms with van der Waals surface area (Å²) in [5.41, 5.74) is 10.4. The molecule has 0 amide bonds. The standard InChI is InChI=1S/C29H44/c1-19-24(17-23(28(8,9)10)18-25(19)29(11,12)13)20-14-21(26(2,3)4)16-22(15-20)27(5,6)7/h14-18H,1-13H3. The van der Waals surface area contributed by atoms with Gasteiger partial charge >= 0.3 is 0 Å². The molecule has 0 saturated heterocycles. The third kappa shape index (κ3) is 5.33. The Morgan fingerprint density at radius 1 is 0.448 bits per heavy atom. The monoisotopic (exact) mass is 392 g/mol. The minimum absolute atomic E-state index is 0.120. The summed E-state index contributed by atoms with van der Waals surface area (Å²) in [6.45, 7) is 30.2. The number of hydrogen-bond acceptors (Lipinski definition) is 0. The molecule has 0 heteroatoms. The van der Waals surface area contributed by atoms with Crippen LogP contribution in [0.15, 0.2) is 30.3 Å². The van der Waals surface area contributed by atoms with Gasteiger partial charge in [-0.3, -0.25) is 0 Å². The lowest BCUT2D eigenvalue weighted by atomic mass is 9.74. The van der Waals surface area contributed by atoms with Crippen LogP contribution >= 0.6 is 0 Å². The zero-order chi connectivity index (χ0) is 22.6. The maximum absolute atomic E-state index is 2.44. The highest BCUT2D eigenvalue weighted by Crippen LogP contribution is 2.40. The molecule has 0 atom stereocenters. The van der Waals surface area contributed by atoms with Crippen LogP contribution in [0, 0.1) is 6.92 Å². The van der Waals surface area contributed by atoms with Crippen molar-refractivity contribution in [1.29, 1.82) is 0 Å². The van der Waals surface area contributed by atoms with Crippen LogP contribution in [0.2, 0.25) is 0 Å². The molecule has 29 heavy (non-hydrogen) atoms. The van der Waals surface area contributed by atoms with Crippen LogP contribution in [0.4, 0.5) is 0 Å². The fraction of sp³-hybridized carbons (Fsp3) is 0.586. The van der Waals surface area contributed by atoms with Gasteiger partial charge in [-0.2, -0.15) is 0 Å². The first kappa shape index (κ1) is 23.7. The van der Waals surface area contributed by atoms with E-state index in [-0.39, 0.29) is 21.7 Å². The minimum Gasteiger partial charge on any atom is -0.0561 e. The fourth-order valence-electron chi connectivity index (χ4n) is 3.88. The van der Waals surface area contributed by atoms with Crippen LogP contribution in [0.5, 0.6) is 0 Å². The van der Waals surface area contributed by atoms with E-state index in [4.69, 9.17) is 0 Å². The van der Waals surface area contributed by atoms with Crippen LogP contribution < -0.4 is 0 Å². The molecule has 160 valence electrons. The second-order valence-electron chi connectivity index (χ2n) is 13.0. The Balaban J connectivity index is 2.93. The predicted molar refractivity (Wildman–Crippen MR) is 131 cm³/mol. The van der Waals surface area contributed by atoms with Crippen LogP contribution in [0.25, 0.3) is 11.1 Å². The Hall–Kier alpha value is -1.56. The van der Waals surface area contributed by atoms with Gasteiger partial charge in [0.1, 0.15) is 0 Å². The lowest BCUT2D eigenvalue weighted by molar-refractivity contribution is 0.565. The lowest BCUT2D eigenvalue weighted by Gasteiger charge is -2.30. The van der Waals surface area contributed by atoms with Crippen LogP contribution in [-0.2, 0) is 21.7 Å². The van der Waals surface area contributed by atoms with Crippen molar-refractivity contribution >= 4 is 0 Å². The molecule has 0 saturated carbocycles. The van der Waals surface area contributed by atoms with Crippen molar-refractivity contribution in [2.24, 2.45) is 0 Å². The first-order valence-corrected chi connectivity index (χ1v) is 11.1. The molecule has 0 bridgehead atoms. The molecule has 0 fully saturated rings. The van der Waals surface area contributed by atoms with Crippen LogP contribution in [0.3, 0.4) is 0 Å². The zero-order valence-corrected chi connectivity index (χ0v) is 21.4. The van der Waals surface area contributed by atoms with E-state index in [1.165, 1.54) is 38.9 Å². The molecule has 0 aliphatic rings. The maximum atomic E-state index is 2.44. The molecule has 0 aliphatic heterocycles. The van der Waals surface area contributed by atoms with E-state index in [1.54, 1.807) is 0 Å². The molecule has 0 nitrogen and oxygen atoms in total. The smallest absolute Gasteiger partial charge is 0.0129 e. The SMILES string of the molecule is Cc1c(-c2cc(C(C)(C)C)cc(C(C)(C)C)c2)cc(C(C)(C)C)cc1C(C)(C)C. The second-order valence-corrected chi connectivity index (χ2v) is 13.0. The van der Waals surface area contributed by atoms with Gasteiger partial charge in [0.25, 0.3) is 0 Å². The van der Waals surface area contributed by atoms with Gasteiger partial charge in [0.15, 0.2) is 0 Å². The quantitative estimate of drug-likeness (QED) is 0.454. The molecule has 2 rings (SSSR count). The average Bonchev–Trinajstić information content (AvgIpc) is 2.50. The van der Waals surface area contributed by atoms with Gasteiger partial charge in [0.05, 0.1) is 0 Å². The summed E-state index contributed by atoms with van der Waals surface area (Å²) in [7, 11) is 0. The van der Waals surface area contributed by atoms with Gasteiger partial charge in [0.2, 0.25) is 0 Å². The Kier molecular flexibility index (Phi) is 5.96. The minimum atomic E-state index is 0.120. The van der Waals surface area contributed by atoms with Gasteiger partial charge in [0, 0.05) is 0 Å². The van der Waals surface area contributed by atoms with Crippen molar-refractivity contribution in [3.05, 3.63) is 58.1 Å². The summed E-state index contributed by atoms with van der Waals surface area (Å²) in [4.78, 5) is 0.